The second kappa shape index (κ2) is 6.38. The molecule has 134 valence electrons. The summed E-state index contributed by atoms with van der Waals surface area (Å²) in [4.78, 5) is 14.8. The standard InChI is InChI=1S/C18H17N3O4S/c1-11(2)12-5-3-4-6-15(12)26(24,25)16-9-8-14-13(18(16)21(22)23)7-10-17(19)20-14/h3-11H,1-2H3,(H2,19,20). The highest BCUT2D eigenvalue weighted by molar-refractivity contribution is 7.91. The van der Waals surface area contributed by atoms with Crippen LogP contribution < -0.4 is 5.73 Å². The summed E-state index contributed by atoms with van der Waals surface area (Å²) >= 11 is 0. The van der Waals surface area contributed by atoms with Crippen LogP contribution in [0.2, 0.25) is 0 Å². The van der Waals surface area contributed by atoms with E-state index in [1.165, 1.54) is 30.3 Å². The molecular formula is C18H17N3O4S. The van der Waals surface area contributed by atoms with E-state index in [-0.39, 0.29) is 32.4 Å². The van der Waals surface area contributed by atoms with Crippen molar-refractivity contribution in [1.82, 2.24) is 4.98 Å². The van der Waals surface area contributed by atoms with E-state index >= 15 is 0 Å². The van der Waals surface area contributed by atoms with Gasteiger partial charge in [0.05, 0.1) is 20.7 Å². The third-order valence-corrected chi connectivity index (χ3v) is 5.99. The number of nitrogen functional groups attached to an aromatic ring is 1. The largest absolute Gasteiger partial charge is 0.384 e. The molecule has 0 spiro atoms. The summed E-state index contributed by atoms with van der Waals surface area (Å²) in [6.45, 7) is 3.74. The highest BCUT2D eigenvalue weighted by Crippen LogP contribution is 2.37. The van der Waals surface area contributed by atoms with Crippen molar-refractivity contribution in [3.05, 3.63) is 64.2 Å². The first-order valence-electron chi connectivity index (χ1n) is 7.91. The van der Waals surface area contributed by atoms with E-state index in [1.807, 2.05) is 13.8 Å². The van der Waals surface area contributed by atoms with Crippen LogP contribution in [0.15, 0.2) is 58.3 Å². The summed E-state index contributed by atoms with van der Waals surface area (Å²) in [6, 6.07) is 12.0. The third kappa shape index (κ3) is 2.88. The number of nitro benzene ring substituents is 1. The molecule has 0 atom stereocenters. The molecular weight excluding hydrogens is 354 g/mol. The number of aromatic nitrogens is 1. The number of nitrogens with two attached hydrogens (primary N) is 1. The number of pyridine rings is 1. The SMILES string of the molecule is CC(C)c1ccccc1S(=O)(=O)c1ccc2nc(N)ccc2c1[N+](=O)[O-]. The van der Waals surface area contributed by atoms with Crippen LogP contribution in [0.1, 0.15) is 25.3 Å². The van der Waals surface area contributed by atoms with E-state index in [2.05, 4.69) is 4.98 Å². The van der Waals surface area contributed by atoms with Gasteiger partial charge >= 0.3 is 0 Å². The van der Waals surface area contributed by atoms with Crippen LogP contribution in [0.4, 0.5) is 11.5 Å². The van der Waals surface area contributed by atoms with Crippen molar-refractivity contribution >= 4 is 32.2 Å². The van der Waals surface area contributed by atoms with Gasteiger partial charge in [-0.15, -0.1) is 0 Å². The van der Waals surface area contributed by atoms with Gasteiger partial charge in [-0.25, -0.2) is 13.4 Å². The fourth-order valence-corrected chi connectivity index (χ4v) is 4.71. The average molecular weight is 371 g/mol. The summed E-state index contributed by atoms with van der Waals surface area (Å²) in [5, 5.41) is 11.8. The van der Waals surface area contributed by atoms with Crippen LogP contribution in [0, 0.1) is 10.1 Å². The zero-order valence-corrected chi connectivity index (χ0v) is 15.0. The third-order valence-electron chi connectivity index (χ3n) is 4.13. The Morgan fingerprint density at radius 1 is 1.04 bits per heavy atom. The molecule has 8 heteroatoms. The van der Waals surface area contributed by atoms with Crippen LogP contribution in [0.25, 0.3) is 10.9 Å². The second-order valence-electron chi connectivity index (χ2n) is 6.17. The minimum Gasteiger partial charge on any atom is -0.384 e. The highest BCUT2D eigenvalue weighted by Gasteiger charge is 2.31. The van der Waals surface area contributed by atoms with Gasteiger partial charge in [0.2, 0.25) is 9.84 Å². The summed E-state index contributed by atoms with van der Waals surface area (Å²) in [5.41, 5.74) is 6.01. The predicted molar refractivity (Wildman–Crippen MR) is 98.8 cm³/mol. The van der Waals surface area contributed by atoms with E-state index in [0.717, 1.165) is 0 Å². The summed E-state index contributed by atoms with van der Waals surface area (Å²) in [6.07, 6.45) is 0. The van der Waals surface area contributed by atoms with E-state index < -0.39 is 20.4 Å². The Kier molecular flexibility index (Phi) is 4.37. The first-order valence-corrected chi connectivity index (χ1v) is 9.39. The molecule has 7 nitrogen and oxygen atoms in total. The first kappa shape index (κ1) is 17.8. The Bertz CT molecular complexity index is 1120. The molecule has 0 unspecified atom stereocenters. The quantitative estimate of drug-likeness (QED) is 0.552. The van der Waals surface area contributed by atoms with Crippen LogP contribution in [0.5, 0.6) is 0 Å². The molecule has 0 saturated carbocycles. The lowest BCUT2D eigenvalue weighted by Gasteiger charge is -2.14. The van der Waals surface area contributed by atoms with Crippen molar-refractivity contribution in [2.24, 2.45) is 0 Å². The molecule has 0 aliphatic carbocycles. The first-order chi connectivity index (χ1) is 12.2. The number of rotatable bonds is 4. The van der Waals surface area contributed by atoms with Crippen molar-refractivity contribution in [3.8, 4) is 0 Å². The zero-order chi connectivity index (χ0) is 19.1. The summed E-state index contributed by atoms with van der Waals surface area (Å²) < 4.78 is 26.5. The van der Waals surface area contributed by atoms with Crippen molar-refractivity contribution in [2.75, 3.05) is 5.73 Å². The Labute approximate surface area is 150 Å². The van der Waals surface area contributed by atoms with Gasteiger partial charge in [0.25, 0.3) is 5.69 Å². The molecule has 0 bridgehead atoms. The van der Waals surface area contributed by atoms with Gasteiger partial charge in [0, 0.05) is 0 Å². The number of anilines is 1. The Morgan fingerprint density at radius 2 is 1.73 bits per heavy atom. The Balaban J connectivity index is 2.37. The van der Waals surface area contributed by atoms with Gasteiger partial charge in [-0.3, -0.25) is 10.1 Å². The molecule has 0 radical (unpaired) electrons. The van der Waals surface area contributed by atoms with Gasteiger partial charge in [0.1, 0.15) is 10.7 Å². The minimum absolute atomic E-state index is 0.0537. The van der Waals surface area contributed by atoms with Gasteiger partial charge in [-0.05, 0) is 41.8 Å². The Morgan fingerprint density at radius 3 is 2.38 bits per heavy atom. The molecule has 1 heterocycles. The highest BCUT2D eigenvalue weighted by atomic mass is 32.2. The molecule has 0 amide bonds. The lowest BCUT2D eigenvalue weighted by Crippen LogP contribution is -2.09. The molecule has 2 aromatic carbocycles. The summed E-state index contributed by atoms with van der Waals surface area (Å²) in [7, 11) is -4.09. The fraction of sp³-hybridized carbons (Fsp3) is 0.167. The number of hydrogen-bond acceptors (Lipinski definition) is 6. The van der Waals surface area contributed by atoms with E-state index in [1.54, 1.807) is 18.2 Å². The maximum Gasteiger partial charge on any atom is 0.297 e. The number of nitro groups is 1. The number of fused-ring (bicyclic) bond motifs is 1. The zero-order valence-electron chi connectivity index (χ0n) is 14.2. The molecule has 3 aromatic rings. The van der Waals surface area contributed by atoms with Crippen molar-refractivity contribution < 1.29 is 13.3 Å². The lowest BCUT2D eigenvalue weighted by molar-refractivity contribution is -0.386. The molecule has 3 rings (SSSR count). The van der Waals surface area contributed by atoms with Crippen LogP contribution in [-0.2, 0) is 9.84 Å². The number of benzene rings is 2. The minimum atomic E-state index is -4.09. The van der Waals surface area contributed by atoms with E-state index in [0.29, 0.717) is 5.56 Å². The normalized spacial score (nSPS) is 11.8. The molecule has 1 aromatic heterocycles. The number of hydrogen-bond donors (Lipinski definition) is 1. The molecule has 0 saturated heterocycles. The van der Waals surface area contributed by atoms with E-state index in [4.69, 9.17) is 5.73 Å². The smallest absolute Gasteiger partial charge is 0.297 e. The topological polar surface area (TPSA) is 116 Å². The maximum atomic E-state index is 13.2. The lowest BCUT2D eigenvalue weighted by atomic mass is 10.0. The van der Waals surface area contributed by atoms with Crippen molar-refractivity contribution in [2.45, 2.75) is 29.6 Å². The van der Waals surface area contributed by atoms with Crippen LogP contribution in [-0.4, -0.2) is 18.3 Å². The van der Waals surface area contributed by atoms with Gasteiger partial charge in [-0.2, -0.15) is 0 Å². The van der Waals surface area contributed by atoms with Crippen molar-refractivity contribution in [3.63, 3.8) is 0 Å². The molecule has 0 aliphatic heterocycles. The van der Waals surface area contributed by atoms with Gasteiger partial charge < -0.3 is 5.73 Å². The molecule has 2 N–H and O–H groups in total. The molecule has 26 heavy (non-hydrogen) atoms. The monoisotopic (exact) mass is 371 g/mol. The average Bonchev–Trinajstić information content (AvgIpc) is 2.60. The summed E-state index contributed by atoms with van der Waals surface area (Å²) in [5.74, 6) is 0.148. The van der Waals surface area contributed by atoms with Crippen LogP contribution in [0.3, 0.4) is 0 Å². The van der Waals surface area contributed by atoms with Gasteiger partial charge in [-0.1, -0.05) is 32.0 Å². The van der Waals surface area contributed by atoms with Gasteiger partial charge in [0.15, 0.2) is 0 Å². The molecule has 0 aliphatic rings. The number of nitrogens with zero attached hydrogens (tertiary/aromatic N) is 2. The second-order valence-corrected chi connectivity index (χ2v) is 8.05. The molecule has 0 fully saturated rings. The number of sulfone groups is 1. The van der Waals surface area contributed by atoms with Crippen LogP contribution >= 0.6 is 0 Å². The fourth-order valence-electron chi connectivity index (χ4n) is 2.91. The Hall–Kier alpha value is -3.00. The predicted octanol–water partition coefficient (Wildman–Crippen LogP) is 3.68. The van der Waals surface area contributed by atoms with E-state index in [9.17, 15) is 18.5 Å². The maximum absolute atomic E-state index is 13.2. The van der Waals surface area contributed by atoms with Crippen molar-refractivity contribution in [1.29, 1.82) is 0 Å².